The summed E-state index contributed by atoms with van der Waals surface area (Å²) >= 11 is 0. The lowest BCUT2D eigenvalue weighted by molar-refractivity contribution is -0.142. The molecule has 7 rings (SSSR count). The smallest absolute Gasteiger partial charge is 0.222 e. The van der Waals surface area contributed by atoms with E-state index >= 15 is 0 Å². The van der Waals surface area contributed by atoms with E-state index in [0.717, 1.165) is 95.2 Å². The maximum atomic E-state index is 14.3. The fraction of sp³-hybridized carbons (Fsp3) is 0.488. The summed E-state index contributed by atoms with van der Waals surface area (Å²) in [7, 11) is 1.66. The van der Waals surface area contributed by atoms with Crippen LogP contribution in [0.15, 0.2) is 79.4 Å². The van der Waals surface area contributed by atoms with Gasteiger partial charge in [0.1, 0.15) is 11.9 Å². The molecule has 2 aliphatic carbocycles. The number of ether oxygens (including phenoxy) is 2. The van der Waals surface area contributed by atoms with Gasteiger partial charge in [-0.2, -0.15) is 0 Å². The number of rotatable bonds is 14. The number of methoxy groups -OCH3 is 1. The molecule has 4 aliphatic rings. The van der Waals surface area contributed by atoms with Crippen LogP contribution >= 0.6 is 0 Å². The van der Waals surface area contributed by atoms with Crippen LogP contribution in [-0.4, -0.2) is 65.7 Å². The van der Waals surface area contributed by atoms with E-state index in [2.05, 4.69) is 77.0 Å². The number of nitrogens with zero attached hydrogens (tertiary/aromatic N) is 2. The van der Waals surface area contributed by atoms with Gasteiger partial charge in [0, 0.05) is 48.2 Å². The Kier molecular flexibility index (Phi) is 9.31. The molecule has 1 N–H and O–H groups in total. The predicted octanol–water partition coefficient (Wildman–Crippen LogP) is 7.26. The molecule has 2 aliphatic heterocycles. The van der Waals surface area contributed by atoms with Crippen molar-refractivity contribution in [1.29, 1.82) is 0 Å². The lowest BCUT2D eigenvalue weighted by atomic mass is 9.50. The van der Waals surface area contributed by atoms with Crippen molar-refractivity contribution in [2.45, 2.75) is 94.2 Å². The maximum Gasteiger partial charge on any atom is 0.222 e. The Bertz CT molecular complexity index is 1560. The van der Waals surface area contributed by atoms with Crippen molar-refractivity contribution >= 4 is 5.91 Å². The van der Waals surface area contributed by atoms with Crippen LogP contribution in [0, 0.1) is 5.92 Å². The van der Waals surface area contributed by atoms with Gasteiger partial charge in [0.25, 0.3) is 0 Å². The van der Waals surface area contributed by atoms with E-state index < -0.39 is 0 Å². The summed E-state index contributed by atoms with van der Waals surface area (Å²) in [5, 5.41) is 11.3. The summed E-state index contributed by atoms with van der Waals surface area (Å²) < 4.78 is 12.9. The molecule has 6 nitrogen and oxygen atoms in total. The molecule has 0 radical (unpaired) electrons. The number of phenols is 1. The highest BCUT2D eigenvalue weighted by molar-refractivity contribution is 5.77. The van der Waals surface area contributed by atoms with Crippen molar-refractivity contribution in [2.24, 2.45) is 5.92 Å². The van der Waals surface area contributed by atoms with Gasteiger partial charge in [-0.1, -0.05) is 73.2 Å². The fourth-order valence-electron chi connectivity index (χ4n) is 9.66. The van der Waals surface area contributed by atoms with Crippen LogP contribution in [0.3, 0.4) is 0 Å². The second-order valence-electron chi connectivity index (χ2n) is 14.1. The van der Waals surface area contributed by atoms with Crippen LogP contribution in [0.25, 0.3) is 0 Å². The summed E-state index contributed by atoms with van der Waals surface area (Å²) in [5.41, 5.74) is 4.61. The molecule has 6 heteroatoms. The molecule has 2 bridgehead atoms. The average Bonchev–Trinajstić information content (AvgIpc) is 3.44. The third-order valence-corrected chi connectivity index (χ3v) is 11.7. The molecule has 1 saturated carbocycles. The summed E-state index contributed by atoms with van der Waals surface area (Å²) in [6.07, 6.45) is 12.1. The number of hydrogen-bond donors (Lipinski definition) is 1. The number of hydrogen-bond acceptors (Lipinski definition) is 5. The standard InChI is InChI=1S/C41H50N2O4/c1-3-24-42-26-23-41-32-21-22-33(40(41)47-39-36(46-2)28-35(44)31(38(39)41)27-34(32)42)43(25-13-19-30-17-9-5-10-18-30)37(45)20-12-6-11-16-29-14-7-4-8-15-29/h3-5,7-10,14-15,17-18,28,32-34,40,44H,1,6,11-13,16,19-27H2,2H3/t32-,33+,34+,40-,41-/m0/s1. The van der Waals surface area contributed by atoms with Crippen molar-refractivity contribution in [2.75, 3.05) is 26.7 Å². The van der Waals surface area contributed by atoms with Gasteiger partial charge in [-0.3, -0.25) is 9.69 Å². The quantitative estimate of drug-likeness (QED) is 0.149. The SMILES string of the molecule is C=CCN1CC[C@]23c4c5c(O)cc(OC)c4O[C@H]2[C@H](N(CCCc2ccccc2)C(=O)CCCCCc2ccccc2)CC[C@H]3[C@H]1C5. The molecule has 1 saturated heterocycles. The van der Waals surface area contributed by atoms with Gasteiger partial charge in [-0.25, -0.2) is 0 Å². The van der Waals surface area contributed by atoms with E-state index in [1.54, 1.807) is 13.2 Å². The Balaban J connectivity index is 1.16. The number of piperidine rings is 1. The molecule has 1 amide bonds. The Labute approximate surface area is 280 Å². The number of unbranched alkanes of at least 4 members (excludes halogenated alkanes) is 2. The van der Waals surface area contributed by atoms with E-state index in [1.165, 1.54) is 16.7 Å². The summed E-state index contributed by atoms with van der Waals surface area (Å²) in [4.78, 5) is 19.1. The fourth-order valence-corrected chi connectivity index (χ4v) is 9.66. The van der Waals surface area contributed by atoms with Gasteiger partial charge in [0.15, 0.2) is 11.5 Å². The monoisotopic (exact) mass is 634 g/mol. The molecular weight excluding hydrogens is 584 g/mol. The Morgan fingerprint density at radius 2 is 1.77 bits per heavy atom. The number of carbonyl (C=O) groups excluding carboxylic acids is 1. The Morgan fingerprint density at radius 3 is 2.47 bits per heavy atom. The van der Waals surface area contributed by atoms with Crippen LogP contribution in [0.5, 0.6) is 17.2 Å². The molecular formula is C41H50N2O4. The van der Waals surface area contributed by atoms with Crippen LogP contribution in [-0.2, 0) is 29.5 Å². The molecule has 248 valence electrons. The molecule has 2 fully saturated rings. The predicted molar refractivity (Wildman–Crippen MR) is 186 cm³/mol. The first kappa shape index (κ1) is 31.8. The van der Waals surface area contributed by atoms with Crippen molar-refractivity contribution in [3.8, 4) is 17.2 Å². The van der Waals surface area contributed by atoms with Crippen molar-refractivity contribution in [1.82, 2.24) is 9.80 Å². The molecule has 47 heavy (non-hydrogen) atoms. The van der Waals surface area contributed by atoms with Gasteiger partial charge in [-0.15, -0.1) is 6.58 Å². The molecule has 2 heterocycles. The number of aryl methyl sites for hydroxylation is 2. The molecule has 1 spiro atoms. The first-order valence-electron chi connectivity index (χ1n) is 17.9. The number of amides is 1. The number of aromatic hydroxyl groups is 1. The van der Waals surface area contributed by atoms with Crippen LogP contribution in [0.2, 0.25) is 0 Å². The van der Waals surface area contributed by atoms with Gasteiger partial charge >= 0.3 is 0 Å². The molecule has 3 aromatic rings. The third-order valence-electron chi connectivity index (χ3n) is 11.7. The van der Waals surface area contributed by atoms with Crippen molar-refractivity contribution in [3.05, 3.63) is 102 Å². The number of benzene rings is 3. The second-order valence-corrected chi connectivity index (χ2v) is 14.1. The molecule has 0 aromatic heterocycles. The first-order valence-corrected chi connectivity index (χ1v) is 17.9. The van der Waals surface area contributed by atoms with Crippen LogP contribution in [0.4, 0.5) is 0 Å². The van der Waals surface area contributed by atoms with Gasteiger partial charge in [-0.05, 0) is 81.4 Å². The summed E-state index contributed by atoms with van der Waals surface area (Å²) in [6, 6.07) is 23.3. The van der Waals surface area contributed by atoms with Crippen molar-refractivity contribution in [3.63, 3.8) is 0 Å². The molecule has 3 aromatic carbocycles. The summed E-state index contributed by atoms with van der Waals surface area (Å²) in [5.74, 6) is 2.37. The minimum atomic E-state index is -0.242. The van der Waals surface area contributed by atoms with Gasteiger partial charge in [0.05, 0.1) is 13.2 Å². The topological polar surface area (TPSA) is 62.2 Å². The zero-order valence-electron chi connectivity index (χ0n) is 27.9. The van der Waals surface area contributed by atoms with E-state index in [0.29, 0.717) is 29.9 Å². The van der Waals surface area contributed by atoms with Gasteiger partial charge < -0.3 is 19.5 Å². The normalized spacial score (nSPS) is 25.5. The second kappa shape index (κ2) is 13.8. The number of likely N-dealkylation sites (tertiary alicyclic amines) is 1. The van der Waals surface area contributed by atoms with Crippen LogP contribution < -0.4 is 9.47 Å². The van der Waals surface area contributed by atoms with Gasteiger partial charge in [0.2, 0.25) is 5.91 Å². The first-order chi connectivity index (χ1) is 23.0. The van der Waals surface area contributed by atoms with Crippen molar-refractivity contribution < 1.29 is 19.4 Å². The zero-order valence-corrected chi connectivity index (χ0v) is 27.9. The highest BCUT2D eigenvalue weighted by Crippen LogP contribution is 2.65. The van der Waals surface area contributed by atoms with E-state index in [-0.39, 0.29) is 23.5 Å². The number of phenolic OH excluding ortho intramolecular Hbond substituents is 1. The lowest BCUT2D eigenvalue weighted by Gasteiger charge is -2.60. The molecule has 0 unspecified atom stereocenters. The largest absolute Gasteiger partial charge is 0.508 e. The third kappa shape index (κ3) is 5.83. The van der Waals surface area contributed by atoms with E-state index in [1.807, 2.05) is 6.08 Å². The van der Waals surface area contributed by atoms with E-state index in [9.17, 15) is 9.90 Å². The Hall–Kier alpha value is -3.77. The zero-order chi connectivity index (χ0) is 32.4. The number of carbonyl (C=O) groups is 1. The lowest BCUT2D eigenvalue weighted by Crippen LogP contribution is -2.69. The minimum absolute atomic E-state index is 0.0179. The highest BCUT2D eigenvalue weighted by Gasteiger charge is 2.67. The van der Waals surface area contributed by atoms with E-state index in [4.69, 9.17) is 9.47 Å². The minimum Gasteiger partial charge on any atom is -0.508 e. The highest BCUT2D eigenvalue weighted by atomic mass is 16.5. The average molecular weight is 635 g/mol. The molecule has 5 atom stereocenters. The summed E-state index contributed by atoms with van der Waals surface area (Å²) in [6.45, 7) is 6.58. The maximum absolute atomic E-state index is 14.3. The Morgan fingerprint density at radius 1 is 1.04 bits per heavy atom. The van der Waals surface area contributed by atoms with Crippen LogP contribution in [0.1, 0.15) is 73.6 Å².